The first-order chi connectivity index (χ1) is 12.7. The molecule has 5 nitrogen and oxygen atoms in total. The average Bonchev–Trinajstić information content (AvgIpc) is 2.70. The van der Waals surface area contributed by atoms with Crippen molar-refractivity contribution in [1.82, 2.24) is 0 Å². The van der Waals surface area contributed by atoms with E-state index in [1.165, 1.54) is 37.3 Å². The normalized spacial score (nSPS) is 19.8. The molecule has 1 aliphatic rings. The maximum atomic E-state index is 5.54. The van der Waals surface area contributed by atoms with E-state index in [0.717, 1.165) is 30.3 Å². The highest BCUT2D eigenvalue weighted by Gasteiger charge is 2.24. The summed E-state index contributed by atoms with van der Waals surface area (Å²) in [5, 5.41) is 0. The molecule has 1 fully saturated rings. The number of piperazine rings is 1. The lowest BCUT2D eigenvalue weighted by Gasteiger charge is -2.30. The molecule has 1 heterocycles. The van der Waals surface area contributed by atoms with Gasteiger partial charge in [-0.3, -0.25) is 0 Å². The molecule has 0 spiro atoms. The maximum Gasteiger partial charge on any atom is 0.131 e. The van der Waals surface area contributed by atoms with E-state index < -0.39 is 0 Å². The minimum Gasteiger partial charge on any atom is -0.497 e. The van der Waals surface area contributed by atoms with Gasteiger partial charge in [0.15, 0.2) is 0 Å². The van der Waals surface area contributed by atoms with E-state index in [4.69, 9.17) is 14.2 Å². The lowest BCUT2D eigenvalue weighted by molar-refractivity contribution is -1.02. The van der Waals surface area contributed by atoms with Crippen LogP contribution in [0.15, 0.2) is 42.5 Å². The SMILES string of the molecule is COc1cccc(C[NH+]2CC[NH+](Cc3ccc(OC)cc3OC)CC2)c1. The minimum atomic E-state index is 0.841. The summed E-state index contributed by atoms with van der Waals surface area (Å²) < 4.78 is 16.2. The van der Waals surface area contributed by atoms with Crippen LogP contribution in [-0.2, 0) is 13.1 Å². The molecule has 0 aliphatic carbocycles. The van der Waals surface area contributed by atoms with E-state index in [-0.39, 0.29) is 0 Å². The Balaban J connectivity index is 1.54. The summed E-state index contributed by atoms with van der Waals surface area (Å²) in [4.78, 5) is 3.26. The van der Waals surface area contributed by atoms with Crippen molar-refractivity contribution in [3.8, 4) is 17.2 Å². The smallest absolute Gasteiger partial charge is 0.131 e. The summed E-state index contributed by atoms with van der Waals surface area (Å²) in [6.45, 7) is 6.79. The Morgan fingerprint density at radius 1 is 0.731 bits per heavy atom. The first-order valence-electron chi connectivity index (χ1n) is 9.22. The first kappa shape index (κ1) is 18.5. The molecule has 0 atom stereocenters. The van der Waals surface area contributed by atoms with Crippen LogP contribution in [0.4, 0.5) is 0 Å². The Labute approximate surface area is 156 Å². The van der Waals surface area contributed by atoms with Crippen molar-refractivity contribution < 1.29 is 24.0 Å². The fraction of sp³-hybridized carbons (Fsp3) is 0.429. The highest BCUT2D eigenvalue weighted by Crippen LogP contribution is 2.23. The largest absolute Gasteiger partial charge is 0.497 e. The summed E-state index contributed by atoms with van der Waals surface area (Å²) in [6, 6.07) is 14.5. The van der Waals surface area contributed by atoms with Gasteiger partial charge in [-0.1, -0.05) is 12.1 Å². The third-order valence-electron chi connectivity index (χ3n) is 5.19. The molecule has 26 heavy (non-hydrogen) atoms. The van der Waals surface area contributed by atoms with Crippen LogP contribution in [0.5, 0.6) is 17.2 Å². The molecule has 1 saturated heterocycles. The second kappa shape index (κ2) is 8.92. The third-order valence-corrected chi connectivity index (χ3v) is 5.19. The van der Waals surface area contributed by atoms with Crippen molar-refractivity contribution in [3.63, 3.8) is 0 Å². The van der Waals surface area contributed by atoms with Crippen LogP contribution in [0, 0.1) is 0 Å². The molecular formula is C21H30N2O3+2. The number of benzene rings is 2. The highest BCUT2D eigenvalue weighted by atomic mass is 16.5. The van der Waals surface area contributed by atoms with Gasteiger partial charge in [0.05, 0.1) is 21.3 Å². The van der Waals surface area contributed by atoms with Crippen LogP contribution in [-0.4, -0.2) is 47.5 Å². The van der Waals surface area contributed by atoms with Gasteiger partial charge in [0.25, 0.3) is 0 Å². The zero-order chi connectivity index (χ0) is 18.4. The second-order valence-electron chi connectivity index (χ2n) is 6.88. The molecule has 2 aromatic rings. The van der Waals surface area contributed by atoms with Crippen molar-refractivity contribution in [2.24, 2.45) is 0 Å². The summed E-state index contributed by atoms with van der Waals surface area (Å²) in [6.07, 6.45) is 0. The Hall–Kier alpha value is -2.24. The molecule has 3 rings (SSSR count). The molecule has 2 N–H and O–H groups in total. The molecule has 0 radical (unpaired) electrons. The van der Waals surface area contributed by atoms with Crippen molar-refractivity contribution in [1.29, 1.82) is 0 Å². The molecule has 0 saturated carbocycles. The van der Waals surface area contributed by atoms with Crippen LogP contribution in [0.2, 0.25) is 0 Å². The summed E-state index contributed by atoms with van der Waals surface area (Å²) in [7, 11) is 5.13. The van der Waals surface area contributed by atoms with Gasteiger partial charge >= 0.3 is 0 Å². The maximum absolute atomic E-state index is 5.54. The first-order valence-corrected chi connectivity index (χ1v) is 9.22. The van der Waals surface area contributed by atoms with Crippen molar-refractivity contribution in [2.45, 2.75) is 13.1 Å². The minimum absolute atomic E-state index is 0.841. The number of nitrogens with one attached hydrogen (secondary N) is 2. The summed E-state index contributed by atoms with van der Waals surface area (Å²) in [5.74, 6) is 2.70. The van der Waals surface area contributed by atoms with Crippen LogP contribution in [0.3, 0.4) is 0 Å². The molecule has 2 aromatic carbocycles. The van der Waals surface area contributed by atoms with Gasteiger partial charge in [0, 0.05) is 17.2 Å². The quantitative estimate of drug-likeness (QED) is 0.742. The van der Waals surface area contributed by atoms with E-state index in [1.807, 2.05) is 18.2 Å². The summed E-state index contributed by atoms with van der Waals surface area (Å²) >= 11 is 0. The Bertz CT molecular complexity index is 712. The van der Waals surface area contributed by atoms with Gasteiger partial charge in [0.2, 0.25) is 0 Å². The third kappa shape index (κ3) is 4.68. The highest BCUT2D eigenvalue weighted by molar-refractivity contribution is 5.40. The van der Waals surface area contributed by atoms with E-state index in [1.54, 1.807) is 31.1 Å². The molecule has 0 aromatic heterocycles. The van der Waals surface area contributed by atoms with Gasteiger partial charge in [-0.05, 0) is 24.3 Å². The Morgan fingerprint density at radius 3 is 2.04 bits per heavy atom. The number of methoxy groups -OCH3 is 3. The number of hydrogen-bond acceptors (Lipinski definition) is 3. The molecule has 0 bridgehead atoms. The zero-order valence-electron chi connectivity index (χ0n) is 16.0. The lowest BCUT2D eigenvalue weighted by atomic mass is 10.1. The zero-order valence-corrected chi connectivity index (χ0v) is 16.0. The number of quaternary nitrogens is 2. The van der Waals surface area contributed by atoms with E-state index >= 15 is 0 Å². The monoisotopic (exact) mass is 358 g/mol. The van der Waals surface area contributed by atoms with Crippen molar-refractivity contribution in [3.05, 3.63) is 53.6 Å². The van der Waals surface area contributed by atoms with E-state index in [0.29, 0.717) is 0 Å². The van der Waals surface area contributed by atoms with Crippen LogP contribution in [0.25, 0.3) is 0 Å². The van der Waals surface area contributed by atoms with Gasteiger partial charge in [-0.15, -0.1) is 0 Å². The predicted molar refractivity (Wildman–Crippen MR) is 101 cm³/mol. The lowest BCUT2D eigenvalue weighted by Crippen LogP contribution is -3.27. The standard InChI is InChI=1S/C21H28N2O3/c1-24-19-6-4-5-17(13-19)15-22-9-11-23(12-10-22)16-18-7-8-20(25-2)14-21(18)26-3/h4-8,13-14H,9-12,15-16H2,1-3H3/p+2. The molecule has 0 unspecified atom stereocenters. The average molecular weight is 358 g/mol. The molecule has 5 heteroatoms. The molecule has 0 amide bonds. The van der Waals surface area contributed by atoms with Crippen molar-refractivity contribution >= 4 is 0 Å². The summed E-state index contributed by atoms with van der Waals surface area (Å²) in [5.41, 5.74) is 2.60. The van der Waals surface area contributed by atoms with Gasteiger partial charge in [-0.2, -0.15) is 0 Å². The van der Waals surface area contributed by atoms with Crippen molar-refractivity contribution in [2.75, 3.05) is 47.5 Å². The van der Waals surface area contributed by atoms with Crippen LogP contribution in [0.1, 0.15) is 11.1 Å². The van der Waals surface area contributed by atoms with Crippen LogP contribution >= 0.6 is 0 Å². The number of ether oxygens (including phenoxy) is 3. The van der Waals surface area contributed by atoms with E-state index in [9.17, 15) is 0 Å². The molecule has 140 valence electrons. The topological polar surface area (TPSA) is 36.6 Å². The van der Waals surface area contributed by atoms with Gasteiger partial charge in [-0.25, -0.2) is 0 Å². The van der Waals surface area contributed by atoms with Gasteiger partial charge in [0.1, 0.15) is 56.5 Å². The van der Waals surface area contributed by atoms with Gasteiger partial charge < -0.3 is 24.0 Å². The fourth-order valence-electron chi connectivity index (χ4n) is 3.65. The Morgan fingerprint density at radius 2 is 1.38 bits per heavy atom. The molecule has 1 aliphatic heterocycles. The second-order valence-corrected chi connectivity index (χ2v) is 6.88. The Kier molecular flexibility index (Phi) is 6.36. The number of rotatable bonds is 7. The van der Waals surface area contributed by atoms with Crippen LogP contribution < -0.4 is 24.0 Å². The van der Waals surface area contributed by atoms with E-state index in [2.05, 4.69) is 24.3 Å². The number of hydrogen-bond donors (Lipinski definition) is 2. The molecular weight excluding hydrogens is 328 g/mol. The fourth-order valence-corrected chi connectivity index (χ4v) is 3.65. The predicted octanol–water partition coefficient (Wildman–Crippen LogP) is 0.196.